The molecule has 0 aromatic heterocycles. The molecule has 47 heteroatoms. The number of aliphatic hydroxyl groups is 10. The molecule has 6 aliphatic heterocycles. The fourth-order valence-electron chi connectivity index (χ4n) is 16.8. The fourth-order valence-corrected chi connectivity index (χ4v) is 20.1. The Kier molecular flexibility index (Phi) is 52.8. The lowest BCUT2D eigenvalue weighted by molar-refractivity contribution is -0.270. The molecule has 19 unspecified atom stereocenters. The molecule has 0 aromatic carbocycles. The molecule has 6 rings (SSSR count). The number of hydrogen-bond donors (Lipinski definition) is 17. The third-order valence-electron chi connectivity index (χ3n) is 23.6. The van der Waals surface area contributed by atoms with Gasteiger partial charge in [-0.15, -0.1) is 0 Å². The van der Waals surface area contributed by atoms with Gasteiger partial charge in [0.15, 0.2) is 18.9 Å². The van der Waals surface area contributed by atoms with E-state index in [1.807, 2.05) is 0 Å². The molecule has 0 bridgehead atoms. The second-order valence-corrected chi connectivity index (χ2v) is 40.5. The molecule has 6 fully saturated rings. The number of aliphatic hydroxyl groups excluding tert-OH is 10. The zero-order valence-corrected chi connectivity index (χ0v) is 78.3. The molecular weight excluding hydrogens is 1770 g/mol. The van der Waals surface area contributed by atoms with E-state index in [0.717, 1.165) is 129 Å². The molecule has 128 heavy (non-hydrogen) atoms. The van der Waals surface area contributed by atoms with E-state index >= 15 is 0 Å². The van der Waals surface area contributed by atoms with Gasteiger partial charge >= 0.3 is 31.1 Å². The molecule has 25 atom stereocenters. The van der Waals surface area contributed by atoms with Crippen LogP contribution in [0.2, 0.25) is 0 Å². The van der Waals surface area contributed by atoms with Crippen LogP contribution in [-0.2, 0) is 107 Å². The summed E-state index contributed by atoms with van der Waals surface area (Å²) in [6, 6.07) is -5.83. The molecule has 0 spiro atoms. The first kappa shape index (κ1) is 113. The molecule has 17 N–H and O–H groups in total. The van der Waals surface area contributed by atoms with Crippen molar-refractivity contribution in [2.45, 2.75) is 380 Å². The minimum absolute atomic E-state index is 0.00383. The van der Waals surface area contributed by atoms with Crippen LogP contribution in [0.4, 0.5) is 0 Å². The van der Waals surface area contributed by atoms with Crippen molar-refractivity contribution < 1.29 is 178 Å². The van der Waals surface area contributed by atoms with Gasteiger partial charge in [0.1, 0.15) is 73.1 Å². The second kappa shape index (κ2) is 59.6. The monoisotopic (exact) mass is 1920 g/mol. The van der Waals surface area contributed by atoms with Crippen LogP contribution >= 0.6 is 31.1 Å². The molecule has 0 aromatic rings. The molecule has 746 valence electrons. The number of phosphoric ester groups is 3. The number of amides is 6. The lowest BCUT2D eigenvalue weighted by atomic mass is 9.97. The van der Waals surface area contributed by atoms with E-state index in [1.165, 1.54) is 35.5 Å². The van der Waals surface area contributed by atoms with Crippen molar-refractivity contribution in [1.29, 1.82) is 0 Å². The smallest absolute Gasteiger partial charge is 0.394 e. The average molecular weight is 1920 g/mol. The molecule has 6 amide bonds. The summed E-state index contributed by atoms with van der Waals surface area (Å²) in [4.78, 5) is 124. The Morgan fingerprint density at radius 3 is 0.844 bits per heavy atom. The first-order valence-corrected chi connectivity index (χ1v) is 52.3. The van der Waals surface area contributed by atoms with E-state index in [2.05, 4.69) is 16.0 Å². The number of ether oxygens (including phenoxy) is 6. The lowest BCUT2D eigenvalue weighted by Gasteiger charge is -2.42. The van der Waals surface area contributed by atoms with Gasteiger partial charge in [-0.1, -0.05) is 135 Å². The third kappa shape index (κ3) is 41.7. The highest BCUT2D eigenvalue weighted by atomic mass is 31.2. The van der Waals surface area contributed by atoms with Crippen LogP contribution in [0.25, 0.3) is 0 Å². The van der Waals surface area contributed by atoms with Crippen molar-refractivity contribution in [3.8, 4) is 0 Å². The summed E-state index contributed by atoms with van der Waals surface area (Å²) in [6.07, 6.45) is 3.64. The van der Waals surface area contributed by atoms with E-state index < -0.39 is 229 Å². The quantitative estimate of drug-likeness (QED) is 0.0303. The highest BCUT2D eigenvalue weighted by molar-refractivity contribution is 7.51. The van der Waals surface area contributed by atoms with Gasteiger partial charge in [-0.25, -0.2) is 13.7 Å². The van der Waals surface area contributed by atoms with Crippen molar-refractivity contribution in [1.82, 2.24) is 30.7 Å². The fraction of sp³-hybridized carbons (Fsp3) is 0.926. The van der Waals surface area contributed by atoms with Crippen molar-refractivity contribution in [2.75, 3.05) is 99.0 Å². The molecule has 0 saturated carbocycles. The SMILES string of the molecule is CC(=O)NC1C(OCCCCCCCCCCCC(=O)N2C[C@H](OP(=O)(O)OC[C@@H]3C[C@@H](OP(=O)(O)OC[C@@H]4C[C@@H](OP(=O)(O)OCCCCCOP(C)(=O)O)CN4C(=O)CCCCCCCCCCCOC4OC(CO)C(O)C(O)C4NC(C)=O)CN3C(=O)CCCCCCCCCCCOC3OC(CO)C(O)C(O)C3NC(C)=O)C[C@H]2CO)OC(CO)C(O)C1O. The van der Waals surface area contributed by atoms with E-state index in [0.29, 0.717) is 64.2 Å². The van der Waals surface area contributed by atoms with Gasteiger partial charge in [-0.05, 0) is 77.0 Å². The molecule has 6 aliphatic rings. The first-order valence-electron chi connectivity index (χ1n) is 45.8. The van der Waals surface area contributed by atoms with Crippen LogP contribution in [-0.4, -0.2) is 348 Å². The largest absolute Gasteiger partial charge is 0.472 e. The molecular formula is C81H150N6O37P4. The number of likely N-dealkylation sites (tertiary alicyclic amines) is 3. The maximum absolute atomic E-state index is 14.3. The predicted molar refractivity (Wildman–Crippen MR) is 457 cm³/mol. The Bertz CT molecular complexity index is 3430. The Labute approximate surface area is 751 Å². The van der Waals surface area contributed by atoms with E-state index in [1.54, 1.807) is 0 Å². The lowest BCUT2D eigenvalue weighted by Crippen LogP contribution is -2.64. The van der Waals surface area contributed by atoms with Crippen LogP contribution in [0.5, 0.6) is 0 Å². The summed E-state index contributed by atoms with van der Waals surface area (Å²) in [6.45, 7) is 1.30. The molecule has 0 aliphatic carbocycles. The van der Waals surface area contributed by atoms with E-state index in [9.17, 15) is 118 Å². The summed E-state index contributed by atoms with van der Waals surface area (Å²) in [5, 5.41) is 109. The first-order chi connectivity index (χ1) is 60.9. The van der Waals surface area contributed by atoms with Crippen molar-refractivity contribution in [2.24, 2.45) is 0 Å². The predicted octanol–water partition coefficient (Wildman–Crippen LogP) is 3.87. The van der Waals surface area contributed by atoms with Gasteiger partial charge < -0.3 is 134 Å². The summed E-state index contributed by atoms with van der Waals surface area (Å²) in [5.41, 5.74) is 0. The van der Waals surface area contributed by atoms with Gasteiger partial charge in [-0.2, -0.15) is 0 Å². The van der Waals surface area contributed by atoms with E-state index in [-0.39, 0.29) is 104 Å². The molecule has 0 radical (unpaired) electrons. The van der Waals surface area contributed by atoms with Crippen molar-refractivity contribution >= 4 is 66.5 Å². The minimum Gasteiger partial charge on any atom is -0.394 e. The highest BCUT2D eigenvalue weighted by Gasteiger charge is 2.50. The minimum atomic E-state index is -5.12. The number of nitrogens with zero attached hydrogens (tertiary/aromatic N) is 3. The molecule has 6 saturated heterocycles. The van der Waals surface area contributed by atoms with Crippen LogP contribution in [0.1, 0.15) is 252 Å². The van der Waals surface area contributed by atoms with Gasteiger partial charge in [-0.3, -0.25) is 60.5 Å². The Balaban J connectivity index is 0.987. The van der Waals surface area contributed by atoms with E-state index in [4.69, 9.17) is 60.1 Å². The van der Waals surface area contributed by atoms with Crippen LogP contribution in [0.3, 0.4) is 0 Å². The van der Waals surface area contributed by atoms with Crippen LogP contribution in [0.15, 0.2) is 0 Å². The number of hydrogen-bond acceptors (Lipinski definition) is 33. The van der Waals surface area contributed by atoms with Gasteiger partial charge in [0.25, 0.3) is 0 Å². The van der Waals surface area contributed by atoms with Gasteiger partial charge in [0, 0.05) is 86.2 Å². The maximum atomic E-state index is 14.3. The molecule has 43 nitrogen and oxygen atoms in total. The number of nitrogens with one attached hydrogen (secondary N) is 3. The summed E-state index contributed by atoms with van der Waals surface area (Å²) >= 11 is 0. The molecule has 6 heterocycles. The topological polar surface area (TPSA) is 620 Å². The highest BCUT2D eigenvalue weighted by Crippen LogP contribution is 2.51. The normalized spacial score (nSPS) is 29.9. The Morgan fingerprint density at radius 2 is 0.570 bits per heavy atom. The Morgan fingerprint density at radius 1 is 0.328 bits per heavy atom. The maximum Gasteiger partial charge on any atom is 0.472 e. The second-order valence-electron chi connectivity index (χ2n) is 34.4. The number of unbranched alkanes of at least 4 members (excludes halogenated alkanes) is 26. The van der Waals surface area contributed by atoms with Crippen LogP contribution in [0, 0.1) is 0 Å². The third-order valence-corrected chi connectivity index (χ3v) is 27.4. The number of carbonyl (C=O) groups is 6. The van der Waals surface area contributed by atoms with Gasteiger partial charge in [0.05, 0.1) is 89.3 Å². The zero-order valence-electron chi connectivity index (χ0n) is 74.8. The number of phosphoric acid groups is 3. The zero-order chi connectivity index (χ0) is 94.0. The number of rotatable bonds is 66. The summed E-state index contributed by atoms with van der Waals surface area (Å²) in [5.74, 6) is -2.45. The van der Waals surface area contributed by atoms with Crippen LogP contribution < -0.4 is 16.0 Å². The standard InChI is InChI=1S/C81H150N6O37P4/c1-55(92)82-70-76(101)73(98)64(50-89)119-79(70)112-38-30-23-17-11-5-8-14-20-27-35-67(95)85-46-61(43-58(85)49-88)123-127(108,109)117-54-60-45-63(48-87(60)69(97)37-29-22-16-10-7-13-19-25-32-40-114-81-72(84-57(3)94)78(103)75(100)66(52-91)121-81)124-128(110,111)118-53-59-44-62(122-126(106,107)116-42-34-26-33-41-115-125(4,104)105)47-86(59)68(96)36-28-21-15-9-6-12-18-24-31-39-113-80-71(83-56(2)93)77(102)74(99)65(51-90)120-80/h58-66,70-81,88-91,98-103H,5-54H2,1-4H3,(H,82,92)(H,83,93)(H,84,94)(H,104,105)(H,106,107)(H,108,109)(H,110,111)/t58-,59-,60-,61+,62+,63+,64?,65?,66?,70?,71?,72?,73?,74?,75?,76?,77?,78?,79?,80?,81?/m0/s1. The summed E-state index contributed by atoms with van der Waals surface area (Å²) in [7, 11) is -18.6. The number of carbonyl (C=O) groups excluding carboxylic acids is 6. The van der Waals surface area contributed by atoms with Crippen molar-refractivity contribution in [3.05, 3.63) is 0 Å². The van der Waals surface area contributed by atoms with Crippen molar-refractivity contribution in [3.63, 3.8) is 0 Å². The average Bonchev–Trinajstić information content (AvgIpc) is 1.16. The summed E-state index contributed by atoms with van der Waals surface area (Å²) < 4.78 is 125. The van der Waals surface area contributed by atoms with Gasteiger partial charge in [0.2, 0.25) is 35.4 Å². The Hall–Kier alpha value is -3.34.